The summed E-state index contributed by atoms with van der Waals surface area (Å²) in [7, 11) is 0. The lowest BCUT2D eigenvalue weighted by molar-refractivity contribution is -0.00632. The van der Waals surface area contributed by atoms with Gasteiger partial charge in [-0.3, -0.25) is 4.57 Å². The Balaban J connectivity index is 1.64. The van der Waals surface area contributed by atoms with Crippen molar-refractivity contribution in [2.24, 2.45) is 0 Å². The van der Waals surface area contributed by atoms with Crippen LogP contribution in [0.5, 0.6) is 0 Å². The highest BCUT2D eigenvalue weighted by Gasteiger charge is 2.33. The fourth-order valence-corrected chi connectivity index (χ4v) is 3.40. The zero-order valence-electron chi connectivity index (χ0n) is 12.6. The van der Waals surface area contributed by atoms with Crippen LogP contribution in [0.4, 0.5) is 5.82 Å². The molecule has 2 fully saturated rings. The van der Waals surface area contributed by atoms with E-state index in [1.165, 1.54) is 25.7 Å². The van der Waals surface area contributed by atoms with E-state index in [9.17, 15) is 5.11 Å². The van der Waals surface area contributed by atoms with Crippen molar-refractivity contribution in [3.8, 4) is 0 Å². The van der Waals surface area contributed by atoms with Crippen LogP contribution in [0.2, 0.25) is 0 Å². The van der Waals surface area contributed by atoms with Gasteiger partial charge < -0.3 is 15.2 Å². The van der Waals surface area contributed by atoms with Gasteiger partial charge in [-0.15, -0.1) is 0 Å². The van der Waals surface area contributed by atoms with Gasteiger partial charge in [0.05, 0.1) is 18.5 Å². The topological polar surface area (TPSA) is 85.1 Å². The number of fused-ring (bicyclic) bond motifs is 1. The van der Waals surface area contributed by atoms with Gasteiger partial charge in [-0.1, -0.05) is 12.8 Å². The van der Waals surface area contributed by atoms with E-state index in [1.807, 2.05) is 11.5 Å². The van der Waals surface area contributed by atoms with E-state index in [0.29, 0.717) is 12.5 Å². The molecule has 0 spiro atoms. The van der Waals surface area contributed by atoms with Gasteiger partial charge in [0.1, 0.15) is 12.6 Å². The maximum absolute atomic E-state index is 9.88. The van der Waals surface area contributed by atoms with Crippen molar-refractivity contribution in [2.45, 2.75) is 63.5 Å². The molecule has 1 saturated heterocycles. The number of imidazole rings is 1. The summed E-state index contributed by atoms with van der Waals surface area (Å²) in [5, 5.41) is 13.4. The molecule has 1 aliphatic carbocycles. The van der Waals surface area contributed by atoms with Gasteiger partial charge in [-0.25, -0.2) is 15.0 Å². The van der Waals surface area contributed by atoms with Crippen molar-refractivity contribution < 1.29 is 9.84 Å². The summed E-state index contributed by atoms with van der Waals surface area (Å²) in [6.45, 7) is 1.88. The molecule has 4 rings (SSSR count). The van der Waals surface area contributed by atoms with E-state index >= 15 is 0 Å². The van der Waals surface area contributed by atoms with E-state index in [0.717, 1.165) is 17.0 Å². The highest BCUT2D eigenvalue weighted by molar-refractivity contribution is 5.82. The number of hydrogen-bond donors (Lipinski definition) is 2. The molecule has 2 aliphatic rings. The van der Waals surface area contributed by atoms with Crippen LogP contribution < -0.4 is 5.32 Å². The summed E-state index contributed by atoms with van der Waals surface area (Å²) >= 11 is 0. The fraction of sp³-hybridized carbons (Fsp3) is 0.667. The van der Waals surface area contributed by atoms with Crippen LogP contribution in [0.3, 0.4) is 0 Å². The molecule has 7 heteroatoms. The molecule has 3 heterocycles. The number of ether oxygens (including phenoxy) is 1. The van der Waals surface area contributed by atoms with Gasteiger partial charge in [0.15, 0.2) is 17.0 Å². The Kier molecular flexibility index (Phi) is 3.46. The Hall–Kier alpha value is -1.73. The number of aromatic nitrogens is 4. The molecule has 7 nitrogen and oxygen atoms in total. The zero-order valence-corrected chi connectivity index (χ0v) is 12.6. The van der Waals surface area contributed by atoms with Crippen LogP contribution >= 0.6 is 0 Å². The monoisotopic (exact) mass is 303 g/mol. The van der Waals surface area contributed by atoms with Gasteiger partial charge in [-0.05, 0) is 19.8 Å². The molecule has 0 amide bonds. The molecule has 3 unspecified atom stereocenters. The van der Waals surface area contributed by atoms with E-state index in [2.05, 4.69) is 20.3 Å². The first-order valence-corrected chi connectivity index (χ1v) is 8.00. The molecule has 118 valence electrons. The number of hydrogen-bond acceptors (Lipinski definition) is 6. The summed E-state index contributed by atoms with van der Waals surface area (Å²) in [5.41, 5.74) is 1.52. The summed E-state index contributed by atoms with van der Waals surface area (Å²) in [4.78, 5) is 13.2. The number of aliphatic hydroxyl groups is 1. The third kappa shape index (κ3) is 2.34. The molecular weight excluding hydrogens is 282 g/mol. The molecule has 1 aliphatic heterocycles. The van der Waals surface area contributed by atoms with Crippen LogP contribution in [-0.2, 0) is 4.74 Å². The van der Waals surface area contributed by atoms with Gasteiger partial charge in [-0.2, -0.15) is 0 Å². The second kappa shape index (κ2) is 5.48. The van der Waals surface area contributed by atoms with Crippen LogP contribution in [0.1, 0.15) is 45.3 Å². The van der Waals surface area contributed by atoms with E-state index in [4.69, 9.17) is 4.74 Å². The Labute approximate surface area is 128 Å². The molecule has 2 N–H and O–H groups in total. The van der Waals surface area contributed by atoms with Gasteiger partial charge >= 0.3 is 0 Å². The van der Waals surface area contributed by atoms with Crippen molar-refractivity contribution in [3.63, 3.8) is 0 Å². The lowest BCUT2D eigenvalue weighted by Gasteiger charge is -2.14. The van der Waals surface area contributed by atoms with Crippen LogP contribution in [-0.4, -0.2) is 42.9 Å². The molecule has 1 saturated carbocycles. The van der Waals surface area contributed by atoms with Crippen molar-refractivity contribution in [3.05, 3.63) is 12.7 Å². The minimum Gasteiger partial charge on any atom is -0.390 e. The van der Waals surface area contributed by atoms with Crippen LogP contribution in [0.15, 0.2) is 12.7 Å². The zero-order chi connectivity index (χ0) is 15.1. The second-order valence-electron chi connectivity index (χ2n) is 6.27. The number of nitrogens with zero attached hydrogens (tertiary/aromatic N) is 4. The molecule has 0 bridgehead atoms. The Bertz CT molecular complexity index is 657. The minimum atomic E-state index is -0.444. The Morgan fingerprint density at radius 2 is 2.09 bits per heavy atom. The van der Waals surface area contributed by atoms with Gasteiger partial charge in [0.2, 0.25) is 0 Å². The standard InChI is InChI=1S/C15H21N5O2/c1-9-11(21)6-12(22-9)20-8-18-13-14(16-7-17-15(13)20)19-10-4-2-3-5-10/h7-12,21H,2-6H2,1H3,(H,16,17,19). The van der Waals surface area contributed by atoms with Crippen molar-refractivity contribution in [1.82, 2.24) is 19.5 Å². The average Bonchev–Trinajstić information content (AvgIpc) is 3.21. The molecule has 3 atom stereocenters. The largest absolute Gasteiger partial charge is 0.390 e. The fourth-order valence-electron chi connectivity index (χ4n) is 3.40. The first kappa shape index (κ1) is 13.9. The quantitative estimate of drug-likeness (QED) is 0.900. The molecular formula is C15H21N5O2. The maximum Gasteiger partial charge on any atom is 0.167 e. The molecule has 0 radical (unpaired) electrons. The van der Waals surface area contributed by atoms with Crippen LogP contribution in [0, 0.1) is 0 Å². The number of nitrogens with one attached hydrogen (secondary N) is 1. The first-order valence-electron chi connectivity index (χ1n) is 8.00. The normalized spacial score (nSPS) is 29.5. The van der Waals surface area contributed by atoms with Gasteiger partial charge in [0, 0.05) is 12.5 Å². The predicted octanol–water partition coefficient (Wildman–Crippen LogP) is 1.85. The molecule has 22 heavy (non-hydrogen) atoms. The summed E-state index contributed by atoms with van der Waals surface area (Å²) in [6, 6.07) is 0.479. The Morgan fingerprint density at radius 3 is 2.82 bits per heavy atom. The van der Waals surface area contributed by atoms with Crippen molar-refractivity contribution in [1.29, 1.82) is 0 Å². The minimum absolute atomic E-state index is 0.166. The first-order chi connectivity index (χ1) is 10.7. The SMILES string of the molecule is CC1OC(n2cnc3c(NC4CCCC4)ncnc32)CC1O. The lowest BCUT2D eigenvalue weighted by atomic mass is 10.2. The summed E-state index contributed by atoms with van der Waals surface area (Å²) in [5.74, 6) is 0.794. The predicted molar refractivity (Wildman–Crippen MR) is 81.4 cm³/mol. The third-order valence-corrected chi connectivity index (χ3v) is 4.72. The van der Waals surface area contributed by atoms with E-state index < -0.39 is 6.10 Å². The van der Waals surface area contributed by atoms with E-state index in [1.54, 1.807) is 12.7 Å². The smallest absolute Gasteiger partial charge is 0.167 e. The van der Waals surface area contributed by atoms with Crippen molar-refractivity contribution >= 4 is 17.0 Å². The van der Waals surface area contributed by atoms with Crippen LogP contribution in [0.25, 0.3) is 11.2 Å². The highest BCUT2D eigenvalue weighted by atomic mass is 16.5. The number of rotatable bonds is 3. The lowest BCUT2D eigenvalue weighted by Crippen LogP contribution is -2.16. The van der Waals surface area contributed by atoms with Crippen molar-refractivity contribution in [2.75, 3.05) is 5.32 Å². The van der Waals surface area contributed by atoms with E-state index in [-0.39, 0.29) is 12.3 Å². The summed E-state index contributed by atoms with van der Waals surface area (Å²) < 4.78 is 7.68. The Morgan fingerprint density at radius 1 is 1.27 bits per heavy atom. The molecule has 2 aromatic heterocycles. The maximum atomic E-state index is 9.88. The molecule has 2 aromatic rings. The molecule has 0 aromatic carbocycles. The summed E-state index contributed by atoms with van der Waals surface area (Å²) in [6.07, 6.45) is 7.93. The highest BCUT2D eigenvalue weighted by Crippen LogP contribution is 2.32. The second-order valence-corrected chi connectivity index (χ2v) is 6.27. The number of anilines is 1. The number of aliphatic hydroxyl groups excluding tert-OH is 1. The van der Waals surface area contributed by atoms with Gasteiger partial charge in [0.25, 0.3) is 0 Å². The average molecular weight is 303 g/mol. The third-order valence-electron chi connectivity index (χ3n) is 4.72.